The Balaban J connectivity index is 1.69. The first-order valence-corrected chi connectivity index (χ1v) is 9.56. The number of anilines is 1. The Morgan fingerprint density at radius 1 is 1.18 bits per heavy atom. The van der Waals surface area contributed by atoms with Gasteiger partial charge in [0.25, 0.3) is 0 Å². The lowest BCUT2D eigenvalue weighted by atomic mass is 9.86. The van der Waals surface area contributed by atoms with Gasteiger partial charge in [0.2, 0.25) is 11.9 Å². The fraction of sp³-hybridized carbons (Fsp3) is 0.150. The first-order chi connectivity index (χ1) is 13.5. The number of hydrogen-bond donors (Lipinski definition) is 2. The Bertz CT molecular complexity index is 1210. The number of halogens is 2. The highest BCUT2D eigenvalue weighted by Crippen LogP contribution is 2.42. The molecule has 8 heteroatoms. The molecular formula is C20H15Cl2N5O. The average Bonchev–Trinajstić information content (AvgIpc) is 3.22. The highest BCUT2D eigenvalue weighted by Gasteiger charge is 2.34. The third-order valence-corrected chi connectivity index (χ3v) is 5.58. The summed E-state index contributed by atoms with van der Waals surface area (Å²) in [5.41, 5.74) is 4.34. The van der Waals surface area contributed by atoms with E-state index in [9.17, 15) is 4.79 Å². The standard InChI is InChI=1S/C20H15Cl2N5O/c1-10-18-13(12-7-6-11(21)8-14(12)22)9-17(28)25-19(18)27(26-10)20-23-15-4-2-3-5-16(15)24-20/h2-8,13H,9H2,1H3,(H,23,24)(H,25,28)/t13-/m1/s1. The number of aromatic nitrogens is 4. The minimum absolute atomic E-state index is 0.0965. The lowest BCUT2D eigenvalue weighted by Gasteiger charge is -2.24. The summed E-state index contributed by atoms with van der Waals surface area (Å²) in [6, 6.07) is 13.1. The minimum atomic E-state index is -0.202. The van der Waals surface area contributed by atoms with Crippen LogP contribution in [0.3, 0.4) is 0 Å². The molecule has 5 rings (SSSR count). The molecule has 0 unspecified atom stereocenters. The molecule has 1 aliphatic rings. The van der Waals surface area contributed by atoms with Crippen molar-refractivity contribution >= 4 is 46.0 Å². The molecule has 2 N–H and O–H groups in total. The molecule has 0 saturated carbocycles. The number of imidazole rings is 1. The van der Waals surface area contributed by atoms with Crippen molar-refractivity contribution < 1.29 is 4.79 Å². The summed E-state index contributed by atoms with van der Waals surface area (Å²) in [7, 11) is 0. The van der Waals surface area contributed by atoms with Crippen LogP contribution in [0.4, 0.5) is 5.82 Å². The molecule has 2 aromatic carbocycles. The summed E-state index contributed by atoms with van der Waals surface area (Å²) < 4.78 is 1.65. The second kappa shape index (κ2) is 6.36. The predicted octanol–water partition coefficient (Wildman–Crippen LogP) is 4.84. The number of aryl methyl sites for hydroxylation is 1. The van der Waals surface area contributed by atoms with Gasteiger partial charge in [0.1, 0.15) is 5.82 Å². The van der Waals surface area contributed by atoms with Crippen LogP contribution in [-0.4, -0.2) is 25.7 Å². The van der Waals surface area contributed by atoms with Crippen LogP contribution in [0.2, 0.25) is 10.0 Å². The van der Waals surface area contributed by atoms with E-state index in [2.05, 4.69) is 20.4 Å². The molecule has 28 heavy (non-hydrogen) atoms. The molecule has 2 aromatic heterocycles. The minimum Gasteiger partial charge on any atom is -0.322 e. The van der Waals surface area contributed by atoms with Crippen molar-refractivity contribution in [3.63, 3.8) is 0 Å². The van der Waals surface area contributed by atoms with Gasteiger partial charge in [-0.1, -0.05) is 41.4 Å². The van der Waals surface area contributed by atoms with Gasteiger partial charge in [0.15, 0.2) is 0 Å². The number of nitrogens with one attached hydrogen (secondary N) is 2. The number of hydrogen-bond acceptors (Lipinski definition) is 3. The summed E-state index contributed by atoms with van der Waals surface area (Å²) in [6.07, 6.45) is 0.293. The number of carbonyl (C=O) groups is 1. The van der Waals surface area contributed by atoms with Gasteiger partial charge in [0, 0.05) is 27.9 Å². The molecule has 140 valence electrons. The van der Waals surface area contributed by atoms with Gasteiger partial charge < -0.3 is 10.3 Å². The summed E-state index contributed by atoms with van der Waals surface area (Å²) >= 11 is 12.5. The van der Waals surface area contributed by atoms with E-state index in [1.54, 1.807) is 16.8 Å². The normalized spacial score (nSPS) is 16.2. The molecule has 0 radical (unpaired) electrons. The maximum atomic E-state index is 12.5. The Kier molecular flexibility index (Phi) is 3.92. The SMILES string of the molecule is Cc1nn(-c2nc3ccccc3[nH]2)c2c1[C@@H](c1ccc(Cl)cc1Cl)CC(=O)N2. The van der Waals surface area contributed by atoms with E-state index < -0.39 is 0 Å². The van der Waals surface area contributed by atoms with Crippen molar-refractivity contribution in [3.05, 3.63) is 69.3 Å². The first kappa shape index (κ1) is 17.3. The predicted molar refractivity (Wildman–Crippen MR) is 110 cm³/mol. The van der Waals surface area contributed by atoms with Gasteiger partial charge in [-0.2, -0.15) is 9.78 Å². The van der Waals surface area contributed by atoms with Gasteiger partial charge in [0.05, 0.1) is 16.7 Å². The van der Waals surface area contributed by atoms with E-state index >= 15 is 0 Å². The number of benzene rings is 2. The van der Waals surface area contributed by atoms with Gasteiger partial charge in [-0.15, -0.1) is 0 Å². The second-order valence-electron chi connectivity index (χ2n) is 6.81. The molecule has 3 heterocycles. The van der Waals surface area contributed by atoms with Crippen LogP contribution in [-0.2, 0) is 4.79 Å². The monoisotopic (exact) mass is 411 g/mol. The van der Waals surface area contributed by atoms with E-state index in [4.69, 9.17) is 23.2 Å². The zero-order valence-corrected chi connectivity index (χ0v) is 16.3. The molecule has 6 nitrogen and oxygen atoms in total. The second-order valence-corrected chi connectivity index (χ2v) is 7.65. The van der Waals surface area contributed by atoms with Crippen molar-refractivity contribution in [1.29, 1.82) is 0 Å². The zero-order valence-electron chi connectivity index (χ0n) is 14.8. The number of H-pyrrole nitrogens is 1. The van der Waals surface area contributed by atoms with Crippen molar-refractivity contribution in [2.45, 2.75) is 19.3 Å². The van der Waals surface area contributed by atoms with Crippen LogP contribution in [0, 0.1) is 6.92 Å². The third kappa shape index (κ3) is 2.68. The molecule has 0 saturated heterocycles. The Labute approximate surface area is 170 Å². The van der Waals surface area contributed by atoms with E-state index in [1.165, 1.54) is 0 Å². The van der Waals surface area contributed by atoms with E-state index in [0.29, 0.717) is 28.2 Å². The number of rotatable bonds is 2. The molecule has 0 spiro atoms. The molecule has 1 amide bonds. The van der Waals surface area contributed by atoms with Crippen LogP contribution in [0.25, 0.3) is 17.0 Å². The van der Waals surface area contributed by atoms with Crippen LogP contribution >= 0.6 is 23.2 Å². The third-order valence-electron chi connectivity index (χ3n) is 5.02. The zero-order chi connectivity index (χ0) is 19.4. The van der Waals surface area contributed by atoms with Crippen molar-refractivity contribution in [1.82, 2.24) is 19.7 Å². The van der Waals surface area contributed by atoms with Crippen molar-refractivity contribution in [3.8, 4) is 5.95 Å². The number of fused-ring (bicyclic) bond motifs is 2. The molecule has 0 aliphatic carbocycles. The largest absolute Gasteiger partial charge is 0.322 e. The number of para-hydroxylation sites is 2. The molecular weight excluding hydrogens is 397 g/mol. The van der Waals surface area contributed by atoms with E-state index in [0.717, 1.165) is 27.9 Å². The van der Waals surface area contributed by atoms with Crippen molar-refractivity contribution in [2.24, 2.45) is 0 Å². The van der Waals surface area contributed by atoms with Gasteiger partial charge in [-0.05, 0) is 36.8 Å². The molecule has 1 aliphatic heterocycles. The maximum absolute atomic E-state index is 12.5. The fourth-order valence-corrected chi connectivity index (χ4v) is 4.33. The smallest absolute Gasteiger partial charge is 0.231 e. The van der Waals surface area contributed by atoms with Crippen LogP contribution < -0.4 is 5.32 Å². The van der Waals surface area contributed by atoms with Crippen LogP contribution in [0.5, 0.6) is 0 Å². The Hall–Kier alpha value is -2.83. The number of amides is 1. The summed E-state index contributed by atoms with van der Waals surface area (Å²) in [4.78, 5) is 20.4. The Morgan fingerprint density at radius 3 is 2.79 bits per heavy atom. The number of aromatic amines is 1. The quantitative estimate of drug-likeness (QED) is 0.495. The summed E-state index contributed by atoms with van der Waals surface area (Å²) in [5.74, 6) is 0.866. The van der Waals surface area contributed by atoms with Crippen molar-refractivity contribution in [2.75, 3.05) is 5.32 Å². The average molecular weight is 412 g/mol. The fourth-order valence-electron chi connectivity index (χ4n) is 3.79. The van der Waals surface area contributed by atoms with E-state index in [1.807, 2.05) is 37.3 Å². The van der Waals surface area contributed by atoms with Gasteiger partial charge in [-0.25, -0.2) is 4.98 Å². The highest BCUT2D eigenvalue weighted by molar-refractivity contribution is 6.35. The lowest BCUT2D eigenvalue weighted by Crippen LogP contribution is -2.25. The molecule has 0 fully saturated rings. The lowest BCUT2D eigenvalue weighted by molar-refractivity contribution is -0.116. The van der Waals surface area contributed by atoms with Gasteiger partial charge in [-0.3, -0.25) is 4.79 Å². The summed E-state index contributed by atoms with van der Waals surface area (Å²) in [5, 5.41) is 8.70. The first-order valence-electron chi connectivity index (χ1n) is 8.80. The molecule has 4 aromatic rings. The topological polar surface area (TPSA) is 75.6 Å². The van der Waals surface area contributed by atoms with Gasteiger partial charge >= 0.3 is 0 Å². The molecule has 0 bridgehead atoms. The maximum Gasteiger partial charge on any atom is 0.231 e. The highest BCUT2D eigenvalue weighted by atomic mass is 35.5. The number of nitrogens with zero attached hydrogens (tertiary/aromatic N) is 3. The van der Waals surface area contributed by atoms with Crippen LogP contribution in [0.1, 0.15) is 29.2 Å². The summed E-state index contributed by atoms with van der Waals surface area (Å²) in [6.45, 7) is 1.92. The Morgan fingerprint density at radius 2 is 2.00 bits per heavy atom. The van der Waals surface area contributed by atoms with Crippen LogP contribution in [0.15, 0.2) is 42.5 Å². The molecule has 1 atom stereocenters. The van der Waals surface area contributed by atoms with E-state index in [-0.39, 0.29) is 11.8 Å². The number of carbonyl (C=O) groups excluding carboxylic acids is 1.